The molecule has 120 valence electrons. The Kier molecular flexibility index (Phi) is 9.18. The van der Waals surface area contributed by atoms with Gasteiger partial charge in [-0.15, -0.1) is 0 Å². The van der Waals surface area contributed by atoms with Crippen LogP contribution in [-0.4, -0.2) is 63.8 Å². The molecule has 0 aliphatic carbocycles. The van der Waals surface area contributed by atoms with Crippen molar-refractivity contribution in [1.82, 2.24) is 0 Å². The Morgan fingerprint density at radius 1 is 0.667 bits per heavy atom. The predicted octanol–water partition coefficient (Wildman–Crippen LogP) is -0.356. The van der Waals surface area contributed by atoms with Crippen LogP contribution in [0.15, 0.2) is 0 Å². The van der Waals surface area contributed by atoms with E-state index in [0.29, 0.717) is 0 Å². The van der Waals surface area contributed by atoms with E-state index < -0.39 is 35.7 Å². The van der Waals surface area contributed by atoms with Gasteiger partial charge in [0, 0.05) is 11.5 Å². The maximum absolute atomic E-state index is 11.4. The lowest BCUT2D eigenvalue weighted by Gasteiger charge is -2.14. The van der Waals surface area contributed by atoms with Crippen LogP contribution in [0.1, 0.15) is 0 Å². The Morgan fingerprint density at radius 2 is 0.905 bits per heavy atom. The normalized spacial score (nSPS) is 10.2. The van der Waals surface area contributed by atoms with Crippen LogP contribution in [0, 0.1) is 11.8 Å². The maximum Gasteiger partial charge on any atom is 0.320 e. The Labute approximate surface area is 126 Å². The number of hydrogen-bond donors (Lipinski definition) is 0. The molecule has 0 aromatic heterocycles. The average molecular weight is 322 g/mol. The summed E-state index contributed by atoms with van der Waals surface area (Å²) in [5, 5.41) is 0. The highest BCUT2D eigenvalue weighted by molar-refractivity contribution is 7.99. The number of methoxy groups -OCH3 is 4. The van der Waals surface area contributed by atoms with Gasteiger partial charge in [0.15, 0.2) is 11.8 Å². The van der Waals surface area contributed by atoms with E-state index in [-0.39, 0.29) is 11.5 Å². The van der Waals surface area contributed by atoms with Crippen molar-refractivity contribution in [1.29, 1.82) is 0 Å². The number of thioether (sulfide) groups is 1. The Bertz CT molecular complexity index is 327. The van der Waals surface area contributed by atoms with E-state index in [9.17, 15) is 19.2 Å². The molecule has 0 radical (unpaired) electrons. The van der Waals surface area contributed by atoms with E-state index in [1.54, 1.807) is 0 Å². The van der Waals surface area contributed by atoms with Crippen molar-refractivity contribution in [2.24, 2.45) is 11.8 Å². The number of carbonyl (C=O) groups excluding carboxylic acids is 4. The summed E-state index contributed by atoms with van der Waals surface area (Å²) in [5.74, 6) is -5.23. The summed E-state index contributed by atoms with van der Waals surface area (Å²) in [6.45, 7) is 0. The Morgan fingerprint density at radius 3 is 1.10 bits per heavy atom. The van der Waals surface area contributed by atoms with Gasteiger partial charge in [0.1, 0.15) is 0 Å². The first-order chi connectivity index (χ1) is 9.92. The lowest BCUT2D eigenvalue weighted by molar-refractivity contribution is -0.158. The fraction of sp³-hybridized carbons (Fsp3) is 0.667. The highest BCUT2D eigenvalue weighted by Crippen LogP contribution is 2.17. The second-order valence-corrected chi connectivity index (χ2v) is 4.81. The first-order valence-corrected chi connectivity index (χ1v) is 6.97. The molecule has 0 fully saturated rings. The second-order valence-electron chi connectivity index (χ2n) is 3.74. The average Bonchev–Trinajstić information content (AvgIpc) is 2.52. The third-order valence-corrected chi connectivity index (χ3v) is 3.65. The molecule has 0 amide bonds. The molecule has 0 unspecified atom stereocenters. The fourth-order valence-corrected chi connectivity index (χ4v) is 2.49. The Hall–Kier alpha value is -1.77. The highest BCUT2D eigenvalue weighted by Gasteiger charge is 2.32. The third kappa shape index (κ3) is 6.03. The lowest BCUT2D eigenvalue weighted by atomic mass is 10.2. The van der Waals surface area contributed by atoms with Crippen LogP contribution in [0.4, 0.5) is 0 Å². The topological polar surface area (TPSA) is 105 Å². The summed E-state index contributed by atoms with van der Waals surface area (Å²) in [6, 6.07) is 0. The minimum absolute atomic E-state index is 0.00380. The number of rotatable bonds is 8. The van der Waals surface area contributed by atoms with Crippen molar-refractivity contribution in [2.45, 2.75) is 0 Å². The van der Waals surface area contributed by atoms with Crippen LogP contribution >= 0.6 is 11.8 Å². The van der Waals surface area contributed by atoms with Gasteiger partial charge in [-0.05, 0) is 0 Å². The summed E-state index contributed by atoms with van der Waals surface area (Å²) < 4.78 is 18.0. The van der Waals surface area contributed by atoms with E-state index in [0.717, 1.165) is 40.2 Å². The van der Waals surface area contributed by atoms with Crippen LogP contribution in [0.5, 0.6) is 0 Å². The molecular weight excluding hydrogens is 304 g/mol. The fourth-order valence-electron chi connectivity index (χ4n) is 1.34. The van der Waals surface area contributed by atoms with Crippen molar-refractivity contribution < 1.29 is 38.1 Å². The van der Waals surface area contributed by atoms with Crippen molar-refractivity contribution in [3.63, 3.8) is 0 Å². The smallest absolute Gasteiger partial charge is 0.320 e. The van der Waals surface area contributed by atoms with Crippen molar-refractivity contribution in [3.8, 4) is 0 Å². The van der Waals surface area contributed by atoms with Gasteiger partial charge in [0.25, 0.3) is 0 Å². The molecule has 0 aromatic carbocycles. The predicted molar refractivity (Wildman–Crippen MR) is 72.4 cm³/mol. The van der Waals surface area contributed by atoms with Gasteiger partial charge in [-0.1, -0.05) is 0 Å². The van der Waals surface area contributed by atoms with Crippen molar-refractivity contribution in [3.05, 3.63) is 0 Å². The molecule has 0 spiro atoms. The molecule has 0 N–H and O–H groups in total. The van der Waals surface area contributed by atoms with Crippen LogP contribution in [0.25, 0.3) is 0 Å². The largest absolute Gasteiger partial charge is 0.468 e. The monoisotopic (exact) mass is 322 g/mol. The Balaban J connectivity index is 4.65. The molecule has 0 aliphatic rings. The summed E-state index contributed by atoms with van der Waals surface area (Å²) >= 11 is 1.04. The number of ether oxygens (including phenoxy) is 4. The highest BCUT2D eigenvalue weighted by atomic mass is 32.2. The molecule has 0 rings (SSSR count). The molecule has 0 aliphatic heterocycles. The van der Waals surface area contributed by atoms with E-state index in [4.69, 9.17) is 0 Å². The number of carbonyl (C=O) groups is 4. The number of hydrogen-bond acceptors (Lipinski definition) is 9. The minimum Gasteiger partial charge on any atom is -0.468 e. The van der Waals surface area contributed by atoms with E-state index in [1.807, 2.05) is 0 Å². The van der Waals surface area contributed by atoms with E-state index in [1.165, 1.54) is 0 Å². The second kappa shape index (κ2) is 10.0. The molecule has 0 atom stereocenters. The quantitative estimate of drug-likeness (QED) is 0.336. The summed E-state index contributed by atoms with van der Waals surface area (Å²) in [4.78, 5) is 45.8. The van der Waals surface area contributed by atoms with Crippen LogP contribution in [-0.2, 0) is 38.1 Å². The minimum atomic E-state index is -1.12. The van der Waals surface area contributed by atoms with E-state index >= 15 is 0 Å². The van der Waals surface area contributed by atoms with E-state index in [2.05, 4.69) is 18.9 Å². The summed E-state index contributed by atoms with van der Waals surface area (Å²) in [6.07, 6.45) is 0. The van der Waals surface area contributed by atoms with Gasteiger partial charge in [-0.2, -0.15) is 11.8 Å². The van der Waals surface area contributed by atoms with Crippen molar-refractivity contribution in [2.75, 3.05) is 39.9 Å². The summed E-state index contributed by atoms with van der Waals surface area (Å²) in [5.41, 5.74) is 0. The molecular formula is C12H18O8S. The molecule has 0 heterocycles. The lowest BCUT2D eigenvalue weighted by Crippen LogP contribution is -2.31. The van der Waals surface area contributed by atoms with Gasteiger partial charge in [0.05, 0.1) is 28.4 Å². The zero-order valence-electron chi connectivity index (χ0n) is 12.2. The van der Waals surface area contributed by atoms with Gasteiger partial charge in [-0.3, -0.25) is 19.2 Å². The molecule has 0 saturated carbocycles. The van der Waals surface area contributed by atoms with Crippen LogP contribution in [0.3, 0.4) is 0 Å². The number of esters is 4. The molecule has 0 aromatic rings. The maximum atomic E-state index is 11.4. The van der Waals surface area contributed by atoms with Gasteiger partial charge in [-0.25, -0.2) is 0 Å². The first kappa shape index (κ1) is 19.2. The van der Waals surface area contributed by atoms with Gasteiger partial charge < -0.3 is 18.9 Å². The zero-order valence-corrected chi connectivity index (χ0v) is 13.1. The first-order valence-electron chi connectivity index (χ1n) is 5.81. The SMILES string of the molecule is COC(=O)C(CSCC(C(=O)OC)C(=O)OC)C(=O)OC. The summed E-state index contributed by atoms with van der Waals surface area (Å²) in [7, 11) is 4.59. The molecule has 9 heteroatoms. The van der Waals surface area contributed by atoms with Gasteiger partial charge >= 0.3 is 23.9 Å². The molecule has 0 bridgehead atoms. The molecule has 0 saturated heterocycles. The van der Waals surface area contributed by atoms with Crippen LogP contribution < -0.4 is 0 Å². The molecule has 8 nitrogen and oxygen atoms in total. The standard InChI is InChI=1S/C12H18O8S/c1-17-9(13)7(10(14)18-2)5-21-6-8(11(15)19-3)12(16)20-4/h7-8H,5-6H2,1-4H3. The third-order valence-electron chi connectivity index (χ3n) is 2.51. The van der Waals surface area contributed by atoms with Crippen molar-refractivity contribution >= 4 is 35.6 Å². The molecule has 21 heavy (non-hydrogen) atoms. The van der Waals surface area contributed by atoms with Gasteiger partial charge in [0.2, 0.25) is 0 Å². The van der Waals surface area contributed by atoms with Crippen LogP contribution in [0.2, 0.25) is 0 Å². The zero-order chi connectivity index (χ0) is 16.4.